The molecule has 0 aliphatic heterocycles. The Morgan fingerprint density at radius 3 is 2.13 bits per heavy atom. The molecule has 0 aliphatic carbocycles. The number of aliphatic carboxylic acids is 1. The molecule has 0 aliphatic rings. The van der Waals surface area contributed by atoms with E-state index in [2.05, 4.69) is 19.1 Å². The minimum Gasteiger partial charge on any atom is -0.481 e. The number of carboxylic acids is 1. The Bertz CT molecular complexity index is 349. The second kappa shape index (κ2) is 14.3. The number of rotatable bonds is 14. The van der Waals surface area contributed by atoms with Gasteiger partial charge in [-0.2, -0.15) is 0 Å². The van der Waals surface area contributed by atoms with E-state index in [4.69, 9.17) is 0 Å². The highest BCUT2D eigenvalue weighted by atomic mass is 16.4. The van der Waals surface area contributed by atoms with E-state index >= 15 is 0 Å². The fraction of sp³-hybridized carbons (Fsp3) is 0.789. The van der Waals surface area contributed by atoms with E-state index < -0.39 is 11.9 Å². The van der Waals surface area contributed by atoms with Crippen LogP contribution in [0.2, 0.25) is 0 Å². The molecule has 0 bridgehead atoms. The molecular formula is C19H35NO3. The summed E-state index contributed by atoms with van der Waals surface area (Å²) in [4.78, 5) is 25.1. The second-order valence-corrected chi connectivity index (χ2v) is 6.03. The highest BCUT2D eigenvalue weighted by Crippen LogP contribution is 2.17. The maximum Gasteiger partial charge on any atom is 0.307 e. The Labute approximate surface area is 141 Å². The maximum absolute atomic E-state index is 12.0. The maximum atomic E-state index is 12.0. The fourth-order valence-corrected chi connectivity index (χ4v) is 2.70. The fourth-order valence-electron chi connectivity index (χ4n) is 2.70. The molecule has 0 heterocycles. The molecule has 23 heavy (non-hydrogen) atoms. The third-order valence-electron chi connectivity index (χ3n) is 4.21. The first-order valence-electron chi connectivity index (χ1n) is 9.22. The van der Waals surface area contributed by atoms with Gasteiger partial charge in [-0.1, -0.05) is 44.8 Å². The number of hydrogen-bond donors (Lipinski definition) is 1. The second-order valence-electron chi connectivity index (χ2n) is 6.03. The van der Waals surface area contributed by atoms with Crippen molar-refractivity contribution in [1.29, 1.82) is 0 Å². The molecule has 1 unspecified atom stereocenters. The molecule has 0 saturated carbocycles. The van der Waals surface area contributed by atoms with Gasteiger partial charge in [-0.05, 0) is 39.5 Å². The number of carboxylic acid groups (broad SMARTS) is 1. The van der Waals surface area contributed by atoms with Gasteiger partial charge in [0.15, 0.2) is 0 Å². The predicted molar refractivity (Wildman–Crippen MR) is 95.4 cm³/mol. The van der Waals surface area contributed by atoms with Crippen LogP contribution in [-0.2, 0) is 9.59 Å². The monoisotopic (exact) mass is 325 g/mol. The average Bonchev–Trinajstić information content (AvgIpc) is 2.53. The van der Waals surface area contributed by atoms with Crippen LogP contribution >= 0.6 is 0 Å². The zero-order chi connectivity index (χ0) is 17.5. The van der Waals surface area contributed by atoms with Crippen LogP contribution in [-0.4, -0.2) is 35.0 Å². The number of nitrogens with zero attached hydrogens (tertiary/aromatic N) is 1. The molecule has 4 heteroatoms. The topological polar surface area (TPSA) is 57.6 Å². The molecule has 1 amide bonds. The van der Waals surface area contributed by atoms with E-state index in [1.54, 1.807) is 4.90 Å². The van der Waals surface area contributed by atoms with E-state index in [0.29, 0.717) is 19.5 Å². The molecule has 134 valence electrons. The third kappa shape index (κ3) is 10.9. The molecule has 0 radical (unpaired) electrons. The molecule has 0 fully saturated rings. The van der Waals surface area contributed by atoms with Gasteiger partial charge in [0.1, 0.15) is 0 Å². The molecular weight excluding hydrogens is 290 g/mol. The van der Waals surface area contributed by atoms with Crippen molar-refractivity contribution in [2.24, 2.45) is 5.92 Å². The van der Waals surface area contributed by atoms with Crippen molar-refractivity contribution in [2.75, 3.05) is 13.1 Å². The standard InChI is InChI=1S/C19H35NO3/c1-4-7-8-9-10-11-12-13-14-15-17(19(22)23)16-18(21)20(5-2)6-3/h7-8,17H,4-6,9-16H2,1-3H3,(H,22,23)/b8-7+. The Morgan fingerprint density at radius 1 is 0.957 bits per heavy atom. The van der Waals surface area contributed by atoms with Crippen LogP contribution in [0.5, 0.6) is 0 Å². The Hall–Kier alpha value is -1.32. The summed E-state index contributed by atoms with van der Waals surface area (Å²) in [5.74, 6) is -1.41. The number of carbonyl (C=O) groups excluding carboxylic acids is 1. The predicted octanol–water partition coefficient (Wildman–Crippen LogP) is 4.64. The van der Waals surface area contributed by atoms with Gasteiger partial charge in [0.25, 0.3) is 0 Å². The highest BCUT2D eigenvalue weighted by molar-refractivity contribution is 5.82. The summed E-state index contributed by atoms with van der Waals surface area (Å²) in [6.07, 6.45) is 12.9. The van der Waals surface area contributed by atoms with Gasteiger partial charge in [0, 0.05) is 19.5 Å². The molecule has 0 aromatic heterocycles. The minimum atomic E-state index is -0.838. The Morgan fingerprint density at radius 2 is 1.57 bits per heavy atom. The van der Waals surface area contributed by atoms with Crippen molar-refractivity contribution in [3.8, 4) is 0 Å². The van der Waals surface area contributed by atoms with Gasteiger partial charge >= 0.3 is 5.97 Å². The zero-order valence-electron chi connectivity index (χ0n) is 15.2. The summed E-state index contributed by atoms with van der Waals surface area (Å²) in [6.45, 7) is 7.28. The summed E-state index contributed by atoms with van der Waals surface area (Å²) in [6, 6.07) is 0. The lowest BCUT2D eigenvalue weighted by Gasteiger charge is -2.21. The highest BCUT2D eigenvalue weighted by Gasteiger charge is 2.22. The van der Waals surface area contributed by atoms with Crippen LogP contribution in [0.1, 0.15) is 78.6 Å². The minimum absolute atomic E-state index is 0.0369. The smallest absolute Gasteiger partial charge is 0.307 e. The first-order valence-corrected chi connectivity index (χ1v) is 9.22. The van der Waals surface area contributed by atoms with Gasteiger partial charge in [0.05, 0.1) is 5.92 Å². The van der Waals surface area contributed by atoms with E-state index in [9.17, 15) is 14.7 Å². The summed E-state index contributed by atoms with van der Waals surface area (Å²) in [7, 11) is 0. The van der Waals surface area contributed by atoms with Gasteiger partial charge in [-0.3, -0.25) is 9.59 Å². The van der Waals surface area contributed by atoms with Crippen molar-refractivity contribution in [3.63, 3.8) is 0 Å². The Kier molecular flexibility index (Phi) is 13.5. The van der Waals surface area contributed by atoms with Gasteiger partial charge in [-0.15, -0.1) is 0 Å². The lowest BCUT2D eigenvalue weighted by Crippen LogP contribution is -2.33. The first-order chi connectivity index (χ1) is 11.1. The largest absolute Gasteiger partial charge is 0.481 e. The van der Waals surface area contributed by atoms with Crippen LogP contribution < -0.4 is 0 Å². The summed E-state index contributed by atoms with van der Waals surface area (Å²) in [5, 5.41) is 9.29. The van der Waals surface area contributed by atoms with Crippen LogP contribution in [0.3, 0.4) is 0 Å². The third-order valence-corrected chi connectivity index (χ3v) is 4.21. The summed E-state index contributed by atoms with van der Waals surface area (Å²) < 4.78 is 0. The van der Waals surface area contributed by atoms with Crippen LogP contribution in [0.25, 0.3) is 0 Å². The number of amides is 1. The molecule has 0 aromatic rings. The number of carbonyl (C=O) groups is 2. The van der Waals surface area contributed by atoms with Crippen molar-refractivity contribution in [3.05, 3.63) is 12.2 Å². The van der Waals surface area contributed by atoms with E-state index in [1.165, 1.54) is 12.8 Å². The van der Waals surface area contributed by atoms with Crippen molar-refractivity contribution < 1.29 is 14.7 Å². The van der Waals surface area contributed by atoms with Gasteiger partial charge in [-0.25, -0.2) is 0 Å². The summed E-state index contributed by atoms with van der Waals surface area (Å²) in [5.41, 5.74) is 0. The zero-order valence-corrected chi connectivity index (χ0v) is 15.2. The molecule has 0 aromatic carbocycles. The molecule has 1 atom stereocenters. The number of allylic oxidation sites excluding steroid dienone is 2. The average molecular weight is 325 g/mol. The van der Waals surface area contributed by atoms with Crippen molar-refractivity contribution in [2.45, 2.75) is 78.6 Å². The molecule has 1 N–H and O–H groups in total. The normalized spacial score (nSPS) is 12.5. The Balaban J connectivity index is 3.91. The molecule has 0 rings (SSSR count). The SMILES string of the molecule is CC/C=C/CCCCCCCC(CC(=O)N(CC)CC)C(=O)O. The molecule has 4 nitrogen and oxygen atoms in total. The van der Waals surface area contributed by atoms with Crippen molar-refractivity contribution >= 4 is 11.9 Å². The van der Waals surface area contributed by atoms with Crippen LogP contribution in [0.15, 0.2) is 12.2 Å². The quantitative estimate of drug-likeness (QED) is 0.374. The van der Waals surface area contributed by atoms with Crippen LogP contribution in [0.4, 0.5) is 0 Å². The number of unbranched alkanes of at least 4 members (excludes halogenated alkanes) is 5. The lowest BCUT2D eigenvalue weighted by atomic mass is 9.96. The molecule has 0 spiro atoms. The van der Waals surface area contributed by atoms with Crippen molar-refractivity contribution in [1.82, 2.24) is 4.90 Å². The lowest BCUT2D eigenvalue weighted by molar-refractivity contribution is -0.146. The number of hydrogen-bond acceptors (Lipinski definition) is 2. The van der Waals surface area contributed by atoms with E-state index in [-0.39, 0.29) is 12.3 Å². The van der Waals surface area contributed by atoms with Gasteiger partial charge in [0.2, 0.25) is 5.91 Å². The van der Waals surface area contributed by atoms with E-state index in [1.807, 2.05) is 13.8 Å². The van der Waals surface area contributed by atoms with E-state index in [0.717, 1.165) is 32.1 Å². The van der Waals surface area contributed by atoms with Gasteiger partial charge < -0.3 is 10.0 Å². The first kappa shape index (κ1) is 21.7. The van der Waals surface area contributed by atoms with Crippen LogP contribution in [0, 0.1) is 5.92 Å². The summed E-state index contributed by atoms with van der Waals surface area (Å²) >= 11 is 0. The molecule has 0 saturated heterocycles.